The molecule has 2 rings (SSSR count). The van der Waals surface area contributed by atoms with Gasteiger partial charge in [-0.3, -0.25) is 0 Å². The average molecular weight is 154 g/mol. The van der Waals surface area contributed by atoms with Crippen LogP contribution in [-0.4, -0.2) is 31.1 Å². The van der Waals surface area contributed by atoms with Crippen LogP contribution in [0.3, 0.4) is 0 Å². The Morgan fingerprint density at radius 3 is 2.55 bits per heavy atom. The van der Waals surface area contributed by atoms with E-state index in [1.54, 1.807) is 0 Å². The van der Waals surface area contributed by atoms with Crippen molar-refractivity contribution in [3.05, 3.63) is 0 Å². The van der Waals surface area contributed by atoms with Crippen LogP contribution in [0.15, 0.2) is 0 Å². The SMILES string of the molecule is NC[C@@H]1CCN(CC2CC2)C1. The van der Waals surface area contributed by atoms with E-state index in [2.05, 4.69) is 4.90 Å². The Balaban J connectivity index is 1.70. The molecule has 2 heteroatoms. The van der Waals surface area contributed by atoms with Gasteiger partial charge in [0.25, 0.3) is 0 Å². The normalized spacial score (nSPS) is 33.0. The van der Waals surface area contributed by atoms with Crippen LogP contribution in [0, 0.1) is 11.8 Å². The Kier molecular flexibility index (Phi) is 2.14. The number of rotatable bonds is 3. The van der Waals surface area contributed by atoms with Gasteiger partial charge in [0.2, 0.25) is 0 Å². The summed E-state index contributed by atoms with van der Waals surface area (Å²) in [5.74, 6) is 1.85. The third kappa shape index (κ3) is 1.94. The Morgan fingerprint density at radius 2 is 2.00 bits per heavy atom. The van der Waals surface area contributed by atoms with Crippen molar-refractivity contribution in [2.24, 2.45) is 17.6 Å². The van der Waals surface area contributed by atoms with Gasteiger partial charge in [-0.15, -0.1) is 0 Å². The minimum Gasteiger partial charge on any atom is -0.330 e. The molecule has 1 atom stereocenters. The standard InChI is InChI=1S/C9H18N2/c10-5-9-3-4-11(7-9)6-8-1-2-8/h8-9H,1-7,10H2/t9-/m0/s1. The van der Waals surface area contributed by atoms with Gasteiger partial charge in [0.05, 0.1) is 0 Å². The predicted octanol–water partition coefficient (Wildman–Crippen LogP) is 0.677. The first-order valence-corrected chi connectivity index (χ1v) is 4.81. The summed E-state index contributed by atoms with van der Waals surface area (Å²) in [5.41, 5.74) is 5.62. The fraction of sp³-hybridized carbons (Fsp3) is 1.00. The summed E-state index contributed by atoms with van der Waals surface area (Å²) < 4.78 is 0. The smallest absolute Gasteiger partial charge is 0.00223 e. The van der Waals surface area contributed by atoms with E-state index in [-0.39, 0.29) is 0 Å². The number of nitrogens with two attached hydrogens (primary N) is 1. The van der Waals surface area contributed by atoms with Crippen LogP contribution in [0.25, 0.3) is 0 Å². The van der Waals surface area contributed by atoms with Crippen molar-refractivity contribution in [1.29, 1.82) is 0 Å². The molecule has 11 heavy (non-hydrogen) atoms. The number of likely N-dealkylation sites (tertiary alicyclic amines) is 1. The maximum atomic E-state index is 5.62. The number of hydrogen-bond donors (Lipinski definition) is 1. The van der Waals surface area contributed by atoms with Crippen molar-refractivity contribution < 1.29 is 0 Å². The number of nitrogens with zero attached hydrogens (tertiary/aromatic N) is 1. The quantitative estimate of drug-likeness (QED) is 0.647. The summed E-state index contributed by atoms with van der Waals surface area (Å²) in [5, 5.41) is 0. The first kappa shape index (κ1) is 7.56. The molecule has 2 fully saturated rings. The lowest BCUT2D eigenvalue weighted by Gasteiger charge is -2.14. The van der Waals surface area contributed by atoms with E-state index in [0.29, 0.717) is 0 Å². The third-order valence-electron chi connectivity index (χ3n) is 2.92. The van der Waals surface area contributed by atoms with Gasteiger partial charge in [0, 0.05) is 13.1 Å². The molecular formula is C9H18N2. The molecule has 1 heterocycles. The summed E-state index contributed by atoms with van der Waals surface area (Å²) >= 11 is 0. The van der Waals surface area contributed by atoms with Gasteiger partial charge >= 0.3 is 0 Å². The average Bonchev–Trinajstić information content (AvgIpc) is 2.68. The highest BCUT2D eigenvalue weighted by molar-refractivity contribution is 4.82. The largest absolute Gasteiger partial charge is 0.330 e. The topological polar surface area (TPSA) is 29.3 Å². The van der Waals surface area contributed by atoms with E-state index in [1.807, 2.05) is 0 Å². The molecule has 0 aromatic rings. The van der Waals surface area contributed by atoms with Crippen molar-refractivity contribution in [2.75, 3.05) is 26.2 Å². The van der Waals surface area contributed by atoms with Crippen LogP contribution in [0.5, 0.6) is 0 Å². The van der Waals surface area contributed by atoms with Crippen LogP contribution in [0.4, 0.5) is 0 Å². The van der Waals surface area contributed by atoms with Crippen molar-refractivity contribution in [3.8, 4) is 0 Å². The molecule has 1 saturated carbocycles. The molecule has 1 aliphatic carbocycles. The van der Waals surface area contributed by atoms with Gasteiger partial charge in [0.15, 0.2) is 0 Å². The molecule has 0 aromatic heterocycles. The molecule has 1 aliphatic heterocycles. The minimum absolute atomic E-state index is 0.800. The second-order valence-corrected chi connectivity index (χ2v) is 4.09. The summed E-state index contributed by atoms with van der Waals surface area (Å²) in [6.07, 6.45) is 4.29. The molecule has 0 amide bonds. The molecule has 2 nitrogen and oxygen atoms in total. The van der Waals surface area contributed by atoms with Gasteiger partial charge in [-0.05, 0) is 44.2 Å². The lowest BCUT2D eigenvalue weighted by Crippen LogP contribution is -2.25. The maximum Gasteiger partial charge on any atom is 0.00223 e. The Morgan fingerprint density at radius 1 is 1.18 bits per heavy atom. The Labute approximate surface area is 68.7 Å². The van der Waals surface area contributed by atoms with E-state index < -0.39 is 0 Å². The predicted molar refractivity (Wildman–Crippen MR) is 46.3 cm³/mol. The van der Waals surface area contributed by atoms with Crippen LogP contribution in [0.2, 0.25) is 0 Å². The zero-order valence-corrected chi connectivity index (χ0v) is 7.13. The molecule has 2 N–H and O–H groups in total. The van der Waals surface area contributed by atoms with E-state index in [1.165, 1.54) is 38.9 Å². The molecular weight excluding hydrogens is 136 g/mol. The molecule has 0 radical (unpaired) electrons. The summed E-state index contributed by atoms with van der Waals surface area (Å²) in [7, 11) is 0. The van der Waals surface area contributed by atoms with E-state index in [4.69, 9.17) is 5.73 Å². The zero-order chi connectivity index (χ0) is 7.68. The van der Waals surface area contributed by atoms with Crippen LogP contribution in [0.1, 0.15) is 19.3 Å². The number of hydrogen-bond acceptors (Lipinski definition) is 2. The lowest BCUT2D eigenvalue weighted by molar-refractivity contribution is 0.312. The Bertz CT molecular complexity index is 132. The molecule has 2 aliphatic rings. The van der Waals surface area contributed by atoms with Crippen molar-refractivity contribution in [1.82, 2.24) is 4.90 Å². The molecule has 1 saturated heterocycles. The highest BCUT2D eigenvalue weighted by atomic mass is 15.1. The summed E-state index contributed by atoms with van der Waals surface area (Å²) in [4.78, 5) is 2.59. The molecule has 64 valence electrons. The van der Waals surface area contributed by atoms with Crippen molar-refractivity contribution in [3.63, 3.8) is 0 Å². The maximum absolute atomic E-state index is 5.62. The zero-order valence-electron chi connectivity index (χ0n) is 7.13. The highest BCUT2D eigenvalue weighted by Crippen LogP contribution is 2.31. The van der Waals surface area contributed by atoms with E-state index >= 15 is 0 Å². The van der Waals surface area contributed by atoms with Crippen LogP contribution < -0.4 is 5.73 Å². The second-order valence-electron chi connectivity index (χ2n) is 4.09. The molecule has 0 aromatic carbocycles. The van der Waals surface area contributed by atoms with E-state index in [9.17, 15) is 0 Å². The van der Waals surface area contributed by atoms with Gasteiger partial charge in [0.1, 0.15) is 0 Å². The first-order chi connectivity index (χ1) is 5.38. The Hall–Kier alpha value is -0.0800. The van der Waals surface area contributed by atoms with Gasteiger partial charge in [-0.1, -0.05) is 0 Å². The van der Waals surface area contributed by atoms with Crippen molar-refractivity contribution in [2.45, 2.75) is 19.3 Å². The minimum atomic E-state index is 0.800. The third-order valence-corrected chi connectivity index (χ3v) is 2.92. The summed E-state index contributed by atoms with van der Waals surface area (Å²) in [6, 6.07) is 0. The fourth-order valence-electron chi connectivity index (χ4n) is 1.94. The van der Waals surface area contributed by atoms with Crippen LogP contribution >= 0.6 is 0 Å². The molecule has 0 spiro atoms. The molecule has 0 bridgehead atoms. The highest BCUT2D eigenvalue weighted by Gasteiger charge is 2.28. The first-order valence-electron chi connectivity index (χ1n) is 4.81. The lowest BCUT2D eigenvalue weighted by atomic mass is 10.1. The molecule has 0 unspecified atom stereocenters. The van der Waals surface area contributed by atoms with Gasteiger partial charge in [-0.25, -0.2) is 0 Å². The van der Waals surface area contributed by atoms with E-state index in [0.717, 1.165) is 18.4 Å². The monoisotopic (exact) mass is 154 g/mol. The van der Waals surface area contributed by atoms with Crippen molar-refractivity contribution >= 4 is 0 Å². The van der Waals surface area contributed by atoms with Gasteiger partial charge < -0.3 is 10.6 Å². The summed E-state index contributed by atoms with van der Waals surface area (Å²) in [6.45, 7) is 4.82. The second kappa shape index (κ2) is 3.11. The van der Waals surface area contributed by atoms with Gasteiger partial charge in [-0.2, -0.15) is 0 Å². The fourth-order valence-corrected chi connectivity index (χ4v) is 1.94. The van der Waals surface area contributed by atoms with Crippen LogP contribution in [-0.2, 0) is 0 Å².